The number of carboxylic acid groups (broad SMARTS) is 1. The molecular weight excluding hydrogens is 292 g/mol. The van der Waals surface area contributed by atoms with E-state index >= 15 is 0 Å². The Morgan fingerprint density at radius 2 is 1.90 bits per heavy atom. The van der Waals surface area contributed by atoms with Crippen molar-refractivity contribution in [3.05, 3.63) is 24.3 Å². The molecule has 1 aromatic rings. The first-order valence-electron chi connectivity index (χ1n) is 6.85. The third kappa shape index (κ3) is 5.02. The van der Waals surface area contributed by atoms with E-state index in [4.69, 9.17) is 5.11 Å². The number of anilines is 1. The monoisotopic (exact) mass is 314 g/mol. The van der Waals surface area contributed by atoms with Crippen LogP contribution in [0, 0.1) is 5.92 Å². The molecule has 1 aromatic carbocycles. The van der Waals surface area contributed by atoms with Gasteiger partial charge in [0.25, 0.3) is 0 Å². The highest BCUT2D eigenvalue weighted by atomic mass is 32.2. The summed E-state index contributed by atoms with van der Waals surface area (Å²) in [5.74, 6) is -0.871. The maximum absolute atomic E-state index is 12.2. The smallest absolute Gasteiger partial charge is 0.305 e. The number of rotatable bonds is 8. The lowest BCUT2D eigenvalue weighted by molar-refractivity contribution is -0.137. The van der Waals surface area contributed by atoms with Crippen LogP contribution in [0.3, 0.4) is 0 Å². The Bertz CT molecular complexity index is 584. The second-order valence-corrected chi connectivity index (χ2v) is 6.83. The molecule has 6 nitrogen and oxygen atoms in total. The van der Waals surface area contributed by atoms with Crippen molar-refractivity contribution in [3.8, 4) is 0 Å². The molecule has 0 radical (unpaired) electrons. The molecule has 0 saturated heterocycles. The minimum Gasteiger partial charge on any atom is -0.481 e. The average Bonchev–Trinajstić information content (AvgIpc) is 2.37. The van der Waals surface area contributed by atoms with Crippen molar-refractivity contribution in [1.82, 2.24) is 4.72 Å². The molecule has 0 aromatic heterocycles. The van der Waals surface area contributed by atoms with Crippen molar-refractivity contribution in [2.24, 2.45) is 5.92 Å². The summed E-state index contributed by atoms with van der Waals surface area (Å²) in [7, 11) is -3.60. The number of para-hydroxylation sites is 1. The van der Waals surface area contributed by atoms with Gasteiger partial charge in [-0.3, -0.25) is 4.79 Å². The number of hydrogen-bond acceptors (Lipinski definition) is 4. The summed E-state index contributed by atoms with van der Waals surface area (Å²) in [5.41, 5.74) is 0.415. The molecule has 0 amide bonds. The number of carbonyl (C=O) groups is 1. The molecule has 0 fully saturated rings. The van der Waals surface area contributed by atoms with Gasteiger partial charge < -0.3 is 10.4 Å². The van der Waals surface area contributed by atoms with Gasteiger partial charge in [0, 0.05) is 12.6 Å². The highest BCUT2D eigenvalue weighted by Gasteiger charge is 2.22. The van der Waals surface area contributed by atoms with Crippen LogP contribution in [0.1, 0.15) is 27.2 Å². The van der Waals surface area contributed by atoms with E-state index in [2.05, 4.69) is 10.0 Å². The lowest BCUT2D eigenvalue weighted by Gasteiger charge is -2.23. The SMILES string of the molecule is CCNS(=O)(=O)c1ccccc1NC(CC(=O)O)C(C)C. The number of nitrogens with one attached hydrogen (secondary N) is 2. The van der Waals surface area contributed by atoms with Crippen molar-refractivity contribution in [2.75, 3.05) is 11.9 Å². The van der Waals surface area contributed by atoms with Gasteiger partial charge in [-0.25, -0.2) is 13.1 Å². The first-order valence-corrected chi connectivity index (χ1v) is 8.33. The lowest BCUT2D eigenvalue weighted by Crippen LogP contribution is -2.30. The quantitative estimate of drug-likeness (QED) is 0.681. The van der Waals surface area contributed by atoms with Crippen molar-refractivity contribution in [1.29, 1.82) is 0 Å². The molecule has 3 N–H and O–H groups in total. The molecule has 1 atom stereocenters. The van der Waals surface area contributed by atoms with Crippen molar-refractivity contribution >= 4 is 21.7 Å². The van der Waals surface area contributed by atoms with Gasteiger partial charge >= 0.3 is 5.97 Å². The molecule has 0 aliphatic heterocycles. The Kier molecular flexibility index (Phi) is 6.17. The number of sulfonamides is 1. The zero-order chi connectivity index (χ0) is 16.0. The first-order chi connectivity index (χ1) is 9.77. The van der Waals surface area contributed by atoms with E-state index < -0.39 is 16.0 Å². The predicted octanol–water partition coefficient (Wildman–Crippen LogP) is 1.90. The number of hydrogen-bond donors (Lipinski definition) is 3. The first kappa shape index (κ1) is 17.5. The summed E-state index contributed by atoms with van der Waals surface area (Å²) < 4.78 is 26.8. The summed E-state index contributed by atoms with van der Waals surface area (Å²) in [6, 6.07) is 6.14. The Morgan fingerprint density at radius 1 is 1.29 bits per heavy atom. The van der Waals surface area contributed by atoms with E-state index in [-0.39, 0.29) is 23.3 Å². The summed E-state index contributed by atoms with van der Waals surface area (Å²) in [4.78, 5) is 11.0. The Morgan fingerprint density at radius 3 is 2.43 bits per heavy atom. The summed E-state index contributed by atoms with van der Waals surface area (Å²) in [6.45, 7) is 5.78. The molecular formula is C14H22N2O4S. The third-order valence-electron chi connectivity index (χ3n) is 3.05. The van der Waals surface area contributed by atoms with Crippen LogP contribution in [0.4, 0.5) is 5.69 Å². The van der Waals surface area contributed by atoms with Crippen LogP contribution >= 0.6 is 0 Å². The molecule has 0 spiro atoms. The average molecular weight is 314 g/mol. The molecule has 1 rings (SSSR count). The second kappa shape index (κ2) is 7.42. The highest BCUT2D eigenvalue weighted by Crippen LogP contribution is 2.23. The number of benzene rings is 1. The topological polar surface area (TPSA) is 95.5 Å². The van der Waals surface area contributed by atoms with Gasteiger partial charge in [0.05, 0.1) is 12.1 Å². The zero-order valence-electron chi connectivity index (χ0n) is 12.5. The van der Waals surface area contributed by atoms with Crippen LogP contribution < -0.4 is 10.0 Å². The Hall–Kier alpha value is -1.60. The van der Waals surface area contributed by atoms with E-state index in [9.17, 15) is 13.2 Å². The molecule has 0 bridgehead atoms. The van der Waals surface area contributed by atoms with Crippen molar-refractivity contribution < 1.29 is 18.3 Å². The van der Waals surface area contributed by atoms with Crippen LogP contribution in [-0.2, 0) is 14.8 Å². The van der Waals surface area contributed by atoms with E-state index in [1.807, 2.05) is 13.8 Å². The van der Waals surface area contributed by atoms with Gasteiger partial charge in [0.1, 0.15) is 4.90 Å². The van der Waals surface area contributed by atoms with Crippen LogP contribution in [0.25, 0.3) is 0 Å². The van der Waals surface area contributed by atoms with E-state index in [0.29, 0.717) is 12.2 Å². The molecule has 7 heteroatoms. The Balaban J connectivity index is 3.11. The highest BCUT2D eigenvalue weighted by molar-refractivity contribution is 7.89. The fraction of sp³-hybridized carbons (Fsp3) is 0.500. The molecule has 0 aliphatic carbocycles. The van der Waals surface area contributed by atoms with E-state index in [0.717, 1.165) is 0 Å². The normalized spacial score (nSPS) is 13.1. The summed E-state index contributed by atoms with van der Waals surface area (Å²) in [5, 5.41) is 12.0. The van der Waals surface area contributed by atoms with Crippen LogP contribution in [-0.4, -0.2) is 32.1 Å². The predicted molar refractivity (Wildman–Crippen MR) is 81.8 cm³/mol. The van der Waals surface area contributed by atoms with Gasteiger partial charge in [-0.1, -0.05) is 32.9 Å². The second-order valence-electron chi connectivity index (χ2n) is 5.09. The minimum absolute atomic E-state index is 0.0518. The van der Waals surface area contributed by atoms with Gasteiger partial charge in [-0.2, -0.15) is 0 Å². The standard InChI is InChI=1S/C14H22N2O4S/c1-4-15-21(19,20)13-8-6-5-7-11(13)16-12(10(2)3)9-14(17)18/h5-8,10,12,15-16H,4,9H2,1-3H3,(H,17,18). The molecule has 0 saturated carbocycles. The Labute approximate surface area is 125 Å². The number of aliphatic carboxylic acids is 1. The van der Waals surface area contributed by atoms with E-state index in [1.165, 1.54) is 6.07 Å². The lowest BCUT2D eigenvalue weighted by atomic mass is 10.0. The zero-order valence-corrected chi connectivity index (χ0v) is 13.3. The minimum atomic E-state index is -3.60. The van der Waals surface area contributed by atoms with Crippen LogP contribution in [0.2, 0.25) is 0 Å². The van der Waals surface area contributed by atoms with E-state index in [1.54, 1.807) is 25.1 Å². The maximum atomic E-state index is 12.2. The number of carboxylic acids is 1. The summed E-state index contributed by atoms with van der Waals surface area (Å²) in [6.07, 6.45) is -0.0761. The summed E-state index contributed by atoms with van der Waals surface area (Å²) >= 11 is 0. The third-order valence-corrected chi connectivity index (χ3v) is 4.65. The fourth-order valence-corrected chi connectivity index (χ4v) is 3.14. The van der Waals surface area contributed by atoms with Crippen LogP contribution in [0.5, 0.6) is 0 Å². The largest absolute Gasteiger partial charge is 0.481 e. The molecule has 0 heterocycles. The van der Waals surface area contributed by atoms with Crippen molar-refractivity contribution in [3.63, 3.8) is 0 Å². The molecule has 0 aliphatic rings. The van der Waals surface area contributed by atoms with Gasteiger partial charge in [-0.15, -0.1) is 0 Å². The van der Waals surface area contributed by atoms with Gasteiger partial charge in [-0.05, 0) is 18.1 Å². The molecule has 1 unspecified atom stereocenters. The van der Waals surface area contributed by atoms with Gasteiger partial charge in [0.15, 0.2) is 0 Å². The van der Waals surface area contributed by atoms with Crippen LogP contribution in [0.15, 0.2) is 29.2 Å². The van der Waals surface area contributed by atoms with Crippen molar-refractivity contribution in [2.45, 2.75) is 38.1 Å². The molecule has 118 valence electrons. The fourth-order valence-electron chi connectivity index (χ4n) is 1.93. The van der Waals surface area contributed by atoms with Gasteiger partial charge in [0.2, 0.25) is 10.0 Å². The maximum Gasteiger partial charge on any atom is 0.305 e. The molecule has 21 heavy (non-hydrogen) atoms.